The summed E-state index contributed by atoms with van der Waals surface area (Å²) in [6.45, 7) is 3.28. The van der Waals surface area contributed by atoms with Gasteiger partial charge in [-0.15, -0.1) is 0 Å². The van der Waals surface area contributed by atoms with Gasteiger partial charge in [0.2, 0.25) is 15.9 Å². The number of piperidine rings is 1. The summed E-state index contributed by atoms with van der Waals surface area (Å²) < 4.78 is 26.9. The smallest absolute Gasteiger partial charge is 0.244 e. The number of pyridine rings is 1. The van der Waals surface area contributed by atoms with Crippen LogP contribution in [-0.2, 0) is 27.9 Å². The van der Waals surface area contributed by atoms with Gasteiger partial charge in [0, 0.05) is 45.3 Å². The lowest BCUT2D eigenvalue weighted by Crippen LogP contribution is -2.35. The molecule has 0 atom stereocenters. The van der Waals surface area contributed by atoms with E-state index in [0.717, 1.165) is 43.4 Å². The van der Waals surface area contributed by atoms with E-state index in [4.69, 9.17) is 0 Å². The number of hydrogen-bond donors (Lipinski definition) is 1. The van der Waals surface area contributed by atoms with Crippen LogP contribution in [0.25, 0.3) is 0 Å². The molecule has 7 nitrogen and oxygen atoms in total. The summed E-state index contributed by atoms with van der Waals surface area (Å²) in [5.41, 5.74) is 2.22. The lowest BCUT2D eigenvalue weighted by atomic mass is 10.1. The maximum atomic E-state index is 12.7. The highest BCUT2D eigenvalue weighted by molar-refractivity contribution is 7.89. The lowest BCUT2D eigenvalue weighted by molar-refractivity contribution is -0.128. The van der Waals surface area contributed by atoms with Gasteiger partial charge in [0.1, 0.15) is 10.7 Å². The molecule has 8 heteroatoms. The van der Waals surface area contributed by atoms with Crippen molar-refractivity contribution in [2.24, 2.45) is 0 Å². The van der Waals surface area contributed by atoms with Gasteiger partial charge in [-0.1, -0.05) is 30.7 Å². The van der Waals surface area contributed by atoms with Gasteiger partial charge < -0.3 is 10.2 Å². The Bertz CT molecular complexity index is 968. The fourth-order valence-corrected chi connectivity index (χ4v) is 5.40. The van der Waals surface area contributed by atoms with Crippen LogP contribution < -0.4 is 5.32 Å². The Hall–Kier alpha value is -2.45. The molecule has 0 spiro atoms. The second-order valence-electron chi connectivity index (χ2n) is 7.93. The molecule has 0 saturated carbocycles. The molecule has 1 N–H and O–H groups in total. The quantitative estimate of drug-likeness (QED) is 0.733. The predicted octanol–water partition coefficient (Wildman–Crippen LogP) is 2.99. The minimum Gasteiger partial charge on any atom is -0.366 e. The molecule has 2 saturated heterocycles. The summed E-state index contributed by atoms with van der Waals surface area (Å²) in [6, 6.07) is 11.5. The summed E-state index contributed by atoms with van der Waals surface area (Å²) in [7, 11) is -3.45. The summed E-state index contributed by atoms with van der Waals surface area (Å²) in [6.07, 6.45) is 5.96. The van der Waals surface area contributed by atoms with Crippen LogP contribution in [0.2, 0.25) is 0 Å². The van der Waals surface area contributed by atoms with Crippen LogP contribution in [-0.4, -0.2) is 48.1 Å². The number of sulfonamides is 1. The number of aromatic nitrogens is 1. The molecule has 160 valence electrons. The van der Waals surface area contributed by atoms with Crippen molar-refractivity contribution < 1.29 is 13.2 Å². The molecular weight excluding hydrogens is 400 g/mol. The summed E-state index contributed by atoms with van der Waals surface area (Å²) >= 11 is 0. The average Bonchev–Trinajstić information content (AvgIpc) is 3.18. The van der Waals surface area contributed by atoms with Crippen molar-refractivity contribution in [2.75, 3.05) is 25.0 Å². The Kier molecular flexibility index (Phi) is 6.34. The van der Waals surface area contributed by atoms with E-state index in [1.165, 1.54) is 6.20 Å². The molecular formula is C22H28N4O3S. The van der Waals surface area contributed by atoms with Crippen molar-refractivity contribution in [1.82, 2.24) is 14.2 Å². The number of anilines is 1. The number of carbonyl (C=O) groups excluding carboxylic acids is 1. The first-order chi connectivity index (χ1) is 14.5. The Balaban J connectivity index is 1.32. The summed E-state index contributed by atoms with van der Waals surface area (Å²) in [5.74, 6) is 0.872. The molecule has 0 radical (unpaired) electrons. The number of likely N-dealkylation sites (tertiary alicyclic amines) is 1. The minimum atomic E-state index is -3.45. The third-order valence-electron chi connectivity index (χ3n) is 5.73. The van der Waals surface area contributed by atoms with Crippen LogP contribution in [0.3, 0.4) is 0 Å². The number of rotatable bonds is 7. The summed E-state index contributed by atoms with van der Waals surface area (Å²) in [4.78, 5) is 18.2. The van der Waals surface area contributed by atoms with Crippen molar-refractivity contribution in [1.29, 1.82) is 0 Å². The molecule has 2 aliphatic heterocycles. The number of benzene rings is 1. The highest BCUT2D eigenvalue weighted by Crippen LogP contribution is 2.21. The fourth-order valence-electron chi connectivity index (χ4n) is 3.94. The first-order valence-electron chi connectivity index (χ1n) is 10.6. The van der Waals surface area contributed by atoms with Crippen LogP contribution in [0.15, 0.2) is 47.5 Å². The van der Waals surface area contributed by atoms with Gasteiger partial charge in [0.05, 0.1) is 0 Å². The molecule has 2 fully saturated rings. The highest BCUT2D eigenvalue weighted by atomic mass is 32.2. The molecule has 1 aromatic heterocycles. The SMILES string of the molecule is O=C1CCCN1Cc1ccc(CNc2ccc(S(=O)(=O)N3CCCCC3)cn2)cc1. The molecule has 3 heterocycles. The van der Waals surface area contributed by atoms with Crippen molar-refractivity contribution in [3.8, 4) is 0 Å². The zero-order valence-electron chi connectivity index (χ0n) is 17.1. The third kappa shape index (κ3) is 4.82. The maximum Gasteiger partial charge on any atom is 0.244 e. The van der Waals surface area contributed by atoms with E-state index in [1.807, 2.05) is 29.2 Å². The molecule has 2 aromatic rings. The van der Waals surface area contributed by atoms with Crippen LogP contribution >= 0.6 is 0 Å². The van der Waals surface area contributed by atoms with Gasteiger partial charge in [-0.05, 0) is 42.5 Å². The number of nitrogens with one attached hydrogen (secondary N) is 1. The first kappa shape index (κ1) is 20.8. The van der Waals surface area contributed by atoms with Crippen LogP contribution in [0, 0.1) is 0 Å². The van der Waals surface area contributed by atoms with Gasteiger partial charge in [0.25, 0.3) is 0 Å². The molecule has 4 rings (SSSR count). The normalized spacial score (nSPS) is 18.0. The monoisotopic (exact) mass is 428 g/mol. The third-order valence-corrected chi connectivity index (χ3v) is 7.61. The molecule has 0 unspecified atom stereocenters. The lowest BCUT2D eigenvalue weighted by Gasteiger charge is -2.25. The largest absolute Gasteiger partial charge is 0.366 e. The second-order valence-corrected chi connectivity index (χ2v) is 9.87. The van der Waals surface area contributed by atoms with Crippen molar-refractivity contribution in [2.45, 2.75) is 50.1 Å². The topological polar surface area (TPSA) is 82.6 Å². The average molecular weight is 429 g/mol. The number of amides is 1. The Morgan fingerprint density at radius 1 is 0.900 bits per heavy atom. The van der Waals surface area contributed by atoms with E-state index in [1.54, 1.807) is 16.4 Å². The zero-order valence-corrected chi connectivity index (χ0v) is 17.9. The molecule has 1 amide bonds. The standard InChI is InChI=1S/C22H28N4O3S/c27-22-5-4-12-25(22)17-19-8-6-18(7-9-19)15-23-21-11-10-20(16-24-21)30(28,29)26-13-2-1-3-14-26/h6-11,16H,1-5,12-15,17H2,(H,23,24). The van der Waals surface area contributed by atoms with Crippen molar-refractivity contribution >= 4 is 21.7 Å². The summed E-state index contributed by atoms with van der Waals surface area (Å²) in [5, 5.41) is 3.23. The van der Waals surface area contributed by atoms with Gasteiger partial charge in [-0.25, -0.2) is 13.4 Å². The minimum absolute atomic E-state index is 0.234. The van der Waals surface area contributed by atoms with Gasteiger partial charge >= 0.3 is 0 Å². The van der Waals surface area contributed by atoms with Crippen LogP contribution in [0.4, 0.5) is 5.82 Å². The fraction of sp³-hybridized carbons (Fsp3) is 0.455. The highest BCUT2D eigenvalue weighted by Gasteiger charge is 2.26. The van der Waals surface area contributed by atoms with Crippen molar-refractivity contribution in [3.63, 3.8) is 0 Å². The zero-order chi connectivity index (χ0) is 21.0. The van der Waals surface area contributed by atoms with Crippen LogP contribution in [0.1, 0.15) is 43.2 Å². The number of hydrogen-bond acceptors (Lipinski definition) is 5. The number of nitrogens with zero attached hydrogens (tertiary/aromatic N) is 3. The van der Waals surface area contributed by atoms with E-state index in [-0.39, 0.29) is 10.8 Å². The molecule has 0 bridgehead atoms. The maximum absolute atomic E-state index is 12.7. The Morgan fingerprint density at radius 3 is 2.27 bits per heavy atom. The van der Waals surface area contributed by atoms with E-state index in [2.05, 4.69) is 10.3 Å². The Labute approximate surface area is 178 Å². The van der Waals surface area contributed by atoms with E-state index >= 15 is 0 Å². The number of carbonyl (C=O) groups is 1. The van der Waals surface area contributed by atoms with Gasteiger partial charge in [-0.2, -0.15) is 4.31 Å². The van der Waals surface area contributed by atoms with Crippen LogP contribution in [0.5, 0.6) is 0 Å². The first-order valence-corrected chi connectivity index (χ1v) is 12.0. The molecule has 30 heavy (non-hydrogen) atoms. The molecule has 0 aliphatic carbocycles. The van der Waals surface area contributed by atoms with Crippen molar-refractivity contribution in [3.05, 3.63) is 53.7 Å². The predicted molar refractivity (Wildman–Crippen MR) is 115 cm³/mol. The second kappa shape index (κ2) is 9.14. The van der Waals surface area contributed by atoms with E-state index in [0.29, 0.717) is 38.4 Å². The Morgan fingerprint density at radius 2 is 1.63 bits per heavy atom. The van der Waals surface area contributed by atoms with E-state index in [9.17, 15) is 13.2 Å². The molecule has 1 aromatic carbocycles. The van der Waals surface area contributed by atoms with Gasteiger partial charge in [0.15, 0.2) is 0 Å². The van der Waals surface area contributed by atoms with Gasteiger partial charge in [-0.3, -0.25) is 4.79 Å². The van der Waals surface area contributed by atoms with E-state index < -0.39 is 10.0 Å². The molecule has 2 aliphatic rings.